The molecule has 1 aromatic carbocycles. The lowest BCUT2D eigenvalue weighted by Crippen LogP contribution is -2.13. The third-order valence-corrected chi connectivity index (χ3v) is 3.64. The van der Waals surface area contributed by atoms with E-state index in [4.69, 9.17) is 21.1 Å². The highest BCUT2D eigenvalue weighted by atomic mass is 35.5. The molecule has 1 aliphatic heterocycles. The molecule has 19 heavy (non-hydrogen) atoms. The SMILES string of the molecule is C[C@@H](O)COc1ccc(C2CCCCOC2)c(Cl)c1. The molecule has 1 aliphatic rings. The Hall–Kier alpha value is -0.770. The van der Waals surface area contributed by atoms with Crippen molar-refractivity contribution in [2.24, 2.45) is 0 Å². The Morgan fingerprint density at radius 1 is 1.47 bits per heavy atom. The molecule has 3 nitrogen and oxygen atoms in total. The second kappa shape index (κ2) is 7.13. The van der Waals surface area contributed by atoms with Gasteiger partial charge in [-0.1, -0.05) is 24.1 Å². The van der Waals surface area contributed by atoms with Gasteiger partial charge in [-0.3, -0.25) is 0 Å². The summed E-state index contributed by atoms with van der Waals surface area (Å²) >= 11 is 6.33. The van der Waals surface area contributed by atoms with Crippen LogP contribution in [0.4, 0.5) is 0 Å². The van der Waals surface area contributed by atoms with Crippen LogP contribution < -0.4 is 4.74 Å². The fourth-order valence-electron chi connectivity index (χ4n) is 2.29. The maximum atomic E-state index is 9.20. The highest BCUT2D eigenvalue weighted by Crippen LogP contribution is 2.33. The fraction of sp³-hybridized carbons (Fsp3) is 0.600. The van der Waals surface area contributed by atoms with E-state index in [1.54, 1.807) is 6.92 Å². The molecule has 0 aromatic heterocycles. The first-order valence-corrected chi connectivity index (χ1v) is 7.22. The Kier molecular flexibility index (Phi) is 5.49. The van der Waals surface area contributed by atoms with Gasteiger partial charge in [-0.15, -0.1) is 0 Å². The molecule has 0 amide bonds. The average Bonchev–Trinajstić information content (AvgIpc) is 2.65. The zero-order valence-electron chi connectivity index (χ0n) is 11.3. The topological polar surface area (TPSA) is 38.7 Å². The summed E-state index contributed by atoms with van der Waals surface area (Å²) in [6.07, 6.45) is 2.95. The molecule has 1 fully saturated rings. The van der Waals surface area contributed by atoms with E-state index in [2.05, 4.69) is 0 Å². The number of aliphatic hydroxyl groups excluding tert-OH is 1. The predicted molar refractivity (Wildman–Crippen MR) is 76.0 cm³/mol. The normalized spacial score (nSPS) is 21.7. The Morgan fingerprint density at radius 2 is 2.32 bits per heavy atom. The number of halogens is 1. The number of benzene rings is 1. The number of rotatable bonds is 4. The third kappa shape index (κ3) is 4.37. The molecule has 2 atom stereocenters. The Bertz CT molecular complexity index is 398. The van der Waals surface area contributed by atoms with Crippen LogP contribution in [-0.2, 0) is 4.74 Å². The van der Waals surface area contributed by atoms with Crippen molar-refractivity contribution in [2.75, 3.05) is 19.8 Å². The lowest BCUT2D eigenvalue weighted by Gasteiger charge is -2.17. The smallest absolute Gasteiger partial charge is 0.120 e. The summed E-state index contributed by atoms with van der Waals surface area (Å²) in [7, 11) is 0. The maximum Gasteiger partial charge on any atom is 0.120 e. The lowest BCUT2D eigenvalue weighted by molar-refractivity contribution is 0.122. The van der Waals surface area contributed by atoms with Gasteiger partial charge < -0.3 is 14.6 Å². The quantitative estimate of drug-likeness (QED) is 0.921. The average molecular weight is 285 g/mol. The standard InChI is InChI=1S/C15H21ClO3/c1-11(17)9-19-13-5-6-14(15(16)8-13)12-4-2-3-7-18-10-12/h5-6,8,11-12,17H,2-4,7,9-10H2,1H3/t11-,12?/m1/s1. The van der Waals surface area contributed by atoms with Crippen LogP contribution in [0.5, 0.6) is 5.75 Å². The van der Waals surface area contributed by atoms with Crippen LogP contribution in [0.25, 0.3) is 0 Å². The molecular formula is C15H21ClO3. The van der Waals surface area contributed by atoms with Gasteiger partial charge in [0.05, 0.1) is 12.7 Å². The molecule has 1 aromatic rings. The molecule has 0 saturated carbocycles. The van der Waals surface area contributed by atoms with E-state index in [-0.39, 0.29) is 6.61 Å². The zero-order valence-corrected chi connectivity index (χ0v) is 12.0. The Morgan fingerprint density at radius 3 is 3.05 bits per heavy atom. The van der Waals surface area contributed by atoms with E-state index in [1.165, 1.54) is 6.42 Å². The van der Waals surface area contributed by atoms with Crippen molar-refractivity contribution < 1.29 is 14.6 Å². The first-order valence-electron chi connectivity index (χ1n) is 6.85. The van der Waals surface area contributed by atoms with Gasteiger partial charge in [-0.25, -0.2) is 0 Å². The molecule has 0 radical (unpaired) electrons. The van der Waals surface area contributed by atoms with Gasteiger partial charge in [0, 0.05) is 17.5 Å². The number of hydrogen-bond donors (Lipinski definition) is 1. The van der Waals surface area contributed by atoms with E-state index >= 15 is 0 Å². The lowest BCUT2D eigenvalue weighted by atomic mass is 9.95. The fourth-order valence-corrected chi connectivity index (χ4v) is 2.62. The molecular weight excluding hydrogens is 264 g/mol. The minimum absolute atomic E-state index is 0.280. The van der Waals surface area contributed by atoms with Crippen LogP contribution in [0.15, 0.2) is 18.2 Å². The summed E-state index contributed by atoms with van der Waals surface area (Å²) in [5, 5.41) is 9.92. The van der Waals surface area contributed by atoms with Crippen molar-refractivity contribution in [1.82, 2.24) is 0 Å². The van der Waals surface area contributed by atoms with Crippen molar-refractivity contribution in [3.05, 3.63) is 28.8 Å². The van der Waals surface area contributed by atoms with Crippen molar-refractivity contribution >= 4 is 11.6 Å². The molecule has 2 rings (SSSR count). The van der Waals surface area contributed by atoms with Crippen molar-refractivity contribution in [2.45, 2.75) is 38.2 Å². The van der Waals surface area contributed by atoms with Crippen LogP contribution in [-0.4, -0.2) is 31.0 Å². The monoisotopic (exact) mass is 284 g/mol. The molecule has 0 aliphatic carbocycles. The van der Waals surface area contributed by atoms with Gasteiger partial charge in [0.15, 0.2) is 0 Å². The largest absolute Gasteiger partial charge is 0.491 e. The van der Waals surface area contributed by atoms with Crippen LogP contribution >= 0.6 is 11.6 Å². The summed E-state index contributed by atoms with van der Waals surface area (Å²) in [5.41, 5.74) is 1.13. The number of hydrogen-bond acceptors (Lipinski definition) is 3. The molecule has 1 saturated heterocycles. The summed E-state index contributed by atoms with van der Waals surface area (Å²) in [6.45, 7) is 3.57. The molecule has 0 spiro atoms. The predicted octanol–water partition coefficient (Wildman–Crippen LogP) is 3.38. The van der Waals surface area contributed by atoms with Gasteiger partial charge in [-0.2, -0.15) is 0 Å². The van der Waals surface area contributed by atoms with E-state index in [0.717, 1.165) is 36.6 Å². The van der Waals surface area contributed by atoms with Gasteiger partial charge >= 0.3 is 0 Å². The van der Waals surface area contributed by atoms with Gasteiger partial charge in [-0.05, 0) is 37.5 Å². The first-order chi connectivity index (χ1) is 9.16. The number of aliphatic hydroxyl groups is 1. The summed E-state index contributed by atoms with van der Waals surface area (Å²) < 4.78 is 11.1. The first kappa shape index (κ1) is 14.6. The molecule has 4 heteroatoms. The van der Waals surface area contributed by atoms with Crippen molar-refractivity contribution in [1.29, 1.82) is 0 Å². The van der Waals surface area contributed by atoms with Gasteiger partial charge in [0.1, 0.15) is 12.4 Å². The van der Waals surface area contributed by atoms with E-state index in [0.29, 0.717) is 11.7 Å². The highest BCUT2D eigenvalue weighted by Gasteiger charge is 2.18. The molecule has 1 unspecified atom stereocenters. The summed E-state index contributed by atoms with van der Waals surface area (Å²) in [6, 6.07) is 5.75. The Balaban J connectivity index is 2.05. The van der Waals surface area contributed by atoms with E-state index < -0.39 is 6.10 Å². The molecule has 1 N–H and O–H groups in total. The van der Waals surface area contributed by atoms with Crippen LogP contribution in [0.2, 0.25) is 5.02 Å². The van der Waals surface area contributed by atoms with Crippen LogP contribution in [0, 0.1) is 0 Å². The van der Waals surface area contributed by atoms with Crippen LogP contribution in [0.1, 0.15) is 37.7 Å². The number of ether oxygens (including phenoxy) is 2. The minimum atomic E-state index is -0.478. The summed E-state index contributed by atoms with van der Waals surface area (Å²) in [4.78, 5) is 0. The third-order valence-electron chi connectivity index (χ3n) is 3.31. The second-order valence-corrected chi connectivity index (χ2v) is 5.52. The van der Waals surface area contributed by atoms with Crippen molar-refractivity contribution in [3.63, 3.8) is 0 Å². The van der Waals surface area contributed by atoms with Gasteiger partial charge in [0.2, 0.25) is 0 Å². The molecule has 1 heterocycles. The van der Waals surface area contributed by atoms with E-state index in [9.17, 15) is 5.11 Å². The van der Waals surface area contributed by atoms with Gasteiger partial charge in [0.25, 0.3) is 0 Å². The zero-order chi connectivity index (χ0) is 13.7. The maximum absolute atomic E-state index is 9.20. The Labute approximate surface area is 119 Å². The van der Waals surface area contributed by atoms with Crippen molar-refractivity contribution in [3.8, 4) is 5.75 Å². The van der Waals surface area contributed by atoms with Crippen LogP contribution in [0.3, 0.4) is 0 Å². The molecule has 0 bridgehead atoms. The second-order valence-electron chi connectivity index (χ2n) is 5.11. The summed E-state index contributed by atoms with van der Waals surface area (Å²) in [5.74, 6) is 1.07. The molecule has 106 valence electrons. The van der Waals surface area contributed by atoms with E-state index in [1.807, 2.05) is 18.2 Å². The minimum Gasteiger partial charge on any atom is -0.491 e. The highest BCUT2D eigenvalue weighted by molar-refractivity contribution is 6.31.